The number of rotatable bonds is 8. The molecule has 1 aliphatic rings. The molecular weight excluding hydrogens is 324 g/mol. The Morgan fingerprint density at radius 2 is 1.81 bits per heavy atom. The Morgan fingerprint density at radius 1 is 1.12 bits per heavy atom. The number of likely N-dealkylation sites (tertiary alicyclic amines) is 1. The second-order valence-corrected chi connectivity index (χ2v) is 7.61. The molecule has 1 aromatic carbocycles. The SMILES string of the molecule is CCNC(=NCc1ccccc1COC)NCC(C)(C)N1CCCCC1. The number of piperidine rings is 1. The molecule has 0 spiro atoms. The van der Waals surface area contributed by atoms with E-state index in [0.29, 0.717) is 13.2 Å². The van der Waals surface area contributed by atoms with Crippen LogP contribution in [0.3, 0.4) is 0 Å². The first-order valence-electron chi connectivity index (χ1n) is 9.90. The first-order valence-corrected chi connectivity index (χ1v) is 9.90. The number of hydrogen-bond donors (Lipinski definition) is 2. The maximum Gasteiger partial charge on any atom is 0.191 e. The van der Waals surface area contributed by atoms with Crippen molar-refractivity contribution in [2.24, 2.45) is 4.99 Å². The van der Waals surface area contributed by atoms with Gasteiger partial charge in [0.1, 0.15) is 0 Å². The van der Waals surface area contributed by atoms with E-state index in [9.17, 15) is 0 Å². The Bertz CT molecular complexity index is 565. The molecule has 5 heteroatoms. The van der Waals surface area contributed by atoms with Gasteiger partial charge in [-0.05, 0) is 57.8 Å². The van der Waals surface area contributed by atoms with E-state index in [1.54, 1.807) is 7.11 Å². The Balaban J connectivity index is 1.98. The molecule has 146 valence electrons. The van der Waals surface area contributed by atoms with Crippen molar-refractivity contribution in [2.45, 2.75) is 58.7 Å². The number of aliphatic imine (C=N–C) groups is 1. The number of nitrogens with zero attached hydrogens (tertiary/aromatic N) is 2. The fraction of sp³-hybridized carbons (Fsp3) is 0.667. The van der Waals surface area contributed by atoms with E-state index in [-0.39, 0.29) is 5.54 Å². The van der Waals surface area contributed by atoms with E-state index in [2.05, 4.69) is 54.5 Å². The van der Waals surface area contributed by atoms with Crippen LogP contribution in [0, 0.1) is 0 Å². The third kappa shape index (κ3) is 6.29. The lowest BCUT2D eigenvalue weighted by Crippen LogP contribution is -2.54. The molecule has 2 N–H and O–H groups in total. The van der Waals surface area contributed by atoms with Crippen LogP contribution in [0.25, 0.3) is 0 Å². The number of nitrogens with one attached hydrogen (secondary N) is 2. The Labute approximate surface area is 159 Å². The van der Waals surface area contributed by atoms with Gasteiger partial charge in [0.25, 0.3) is 0 Å². The third-order valence-electron chi connectivity index (χ3n) is 5.07. The van der Waals surface area contributed by atoms with Gasteiger partial charge in [-0.25, -0.2) is 4.99 Å². The zero-order chi connectivity index (χ0) is 18.8. The van der Waals surface area contributed by atoms with Gasteiger partial charge in [0.2, 0.25) is 0 Å². The molecule has 0 bridgehead atoms. The number of benzene rings is 1. The van der Waals surface area contributed by atoms with Crippen LogP contribution in [0.5, 0.6) is 0 Å². The maximum absolute atomic E-state index is 5.30. The molecule has 0 radical (unpaired) electrons. The van der Waals surface area contributed by atoms with Crippen LogP contribution in [0.15, 0.2) is 29.3 Å². The minimum absolute atomic E-state index is 0.130. The van der Waals surface area contributed by atoms with Crippen LogP contribution in [-0.4, -0.2) is 49.7 Å². The molecule has 5 nitrogen and oxygen atoms in total. The number of methoxy groups -OCH3 is 1. The van der Waals surface area contributed by atoms with E-state index in [0.717, 1.165) is 19.0 Å². The van der Waals surface area contributed by atoms with Crippen molar-refractivity contribution in [2.75, 3.05) is 33.3 Å². The molecular formula is C21H36N4O. The molecule has 0 atom stereocenters. The van der Waals surface area contributed by atoms with Crippen LogP contribution in [0.1, 0.15) is 51.2 Å². The normalized spacial score (nSPS) is 16.5. The van der Waals surface area contributed by atoms with E-state index in [1.165, 1.54) is 43.5 Å². The van der Waals surface area contributed by atoms with Gasteiger partial charge >= 0.3 is 0 Å². The van der Waals surface area contributed by atoms with Crippen molar-refractivity contribution >= 4 is 5.96 Å². The maximum atomic E-state index is 5.30. The molecule has 1 saturated heterocycles. The van der Waals surface area contributed by atoms with Gasteiger partial charge in [-0.1, -0.05) is 30.7 Å². The van der Waals surface area contributed by atoms with Crippen LogP contribution >= 0.6 is 0 Å². The van der Waals surface area contributed by atoms with Gasteiger partial charge in [-0.2, -0.15) is 0 Å². The van der Waals surface area contributed by atoms with Crippen molar-refractivity contribution in [3.05, 3.63) is 35.4 Å². The minimum Gasteiger partial charge on any atom is -0.380 e. The van der Waals surface area contributed by atoms with Gasteiger partial charge in [0.05, 0.1) is 13.2 Å². The lowest BCUT2D eigenvalue weighted by Gasteiger charge is -2.41. The van der Waals surface area contributed by atoms with Crippen LogP contribution in [0.4, 0.5) is 0 Å². The first-order chi connectivity index (χ1) is 12.6. The van der Waals surface area contributed by atoms with Gasteiger partial charge in [0, 0.05) is 25.7 Å². The highest BCUT2D eigenvalue weighted by atomic mass is 16.5. The van der Waals surface area contributed by atoms with Crippen LogP contribution in [0.2, 0.25) is 0 Å². The van der Waals surface area contributed by atoms with E-state index >= 15 is 0 Å². The predicted octanol–water partition coefficient (Wildman–Crippen LogP) is 3.15. The molecule has 1 fully saturated rings. The van der Waals surface area contributed by atoms with Gasteiger partial charge < -0.3 is 15.4 Å². The van der Waals surface area contributed by atoms with Gasteiger partial charge in [-0.3, -0.25) is 4.90 Å². The number of ether oxygens (including phenoxy) is 1. The van der Waals surface area contributed by atoms with Gasteiger partial charge in [-0.15, -0.1) is 0 Å². The zero-order valence-electron chi connectivity index (χ0n) is 17.0. The molecule has 26 heavy (non-hydrogen) atoms. The van der Waals surface area contributed by atoms with Crippen LogP contribution in [-0.2, 0) is 17.9 Å². The van der Waals surface area contributed by atoms with Crippen molar-refractivity contribution in [3.63, 3.8) is 0 Å². The van der Waals surface area contributed by atoms with Crippen molar-refractivity contribution < 1.29 is 4.74 Å². The number of hydrogen-bond acceptors (Lipinski definition) is 3. The Hall–Kier alpha value is -1.59. The fourth-order valence-electron chi connectivity index (χ4n) is 3.43. The van der Waals surface area contributed by atoms with Crippen molar-refractivity contribution in [1.29, 1.82) is 0 Å². The Kier molecular flexibility index (Phi) is 8.39. The smallest absolute Gasteiger partial charge is 0.191 e. The lowest BCUT2D eigenvalue weighted by atomic mass is 9.98. The molecule has 0 amide bonds. The molecule has 1 aliphatic heterocycles. The average Bonchev–Trinajstić information content (AvgIpc) is 2.66. The summed E-state index contributed by atoms with van der Waals surface area (Å²) in [7, 11) is 1.73. The zero-order valence-corrected chi connectivity index (χ0v) is 17.0. The lowest BCUT2D eigenvalue weighted by molar-refractivity contribution is 0.0982. The summed E-state index contributed by atoms with van der Waals surface area (Å²) in [5.41, 5.74) is 2.54. The average molecular weight is 361 g/mol. The number of guanidine groups is 1. The predicted molar refractivity (Wildman–Crippen MR) is 109 cm³/mol. The summed E-state index contributed by atoms with van der Waals surface area (Å²) in [6.45, 7) is 12.2. The fourth-order valence-corrected chi connectivity index (χ4v) is 3.43. The minimum atomic E-state index is 0.130. The second-order valence-electron chi connectivity index (χ2n) is 7.61. The molecule has 0 aromatic heterocycles. The molecule has 1 aromatic rings. The molecule has 0 saturated carbocycles. The second kappa shape index (κ2) is 10.5. The highest BCUT2D eigenvalue weighted by molar-refractivity contribution is 5.79. The summed E-state index contributed by atoms with van der Waals surface area (Å²) >= 11 is 0. The van der Waals surface area contributed by atoms with E-state index < -0.39 is 0 Å². The van der Waals surface area contributed by atoms with Crippen LogP contribution < -0.4 is 10.6 Å². The van der Waals surface area contributed by atoms with E-state index in [4.69, 9.17) is 9.73 Å². The van der Waals surface area contributed by atoms with E-state index in [1.807, 2.05) is 6.07 Å². The summed E-state index contributed by atoms with van der Waals surface area (Å²) in [6, 6.07) is 8.34. The Morgan fingerprint density at radius 3 is 2.46 bits per heavy atom. The standard InChI is InChI=1S/C21H36N4O/c1-5-22-20(23-15-18-11-7-8-12-19(18)16-26-4)24-17-21(2,3)25-13-9-6-10-14-25/h7-8,11-12H,5-6,9-10,13-17H2,1-4H3,(H2,22,23,24). The molecule has 0 aliphatic carbocycles. The van der Waals surface area contributed by atoms with Crippen molar-refractivity contribution in [1.82, 2.24) is 15.5 Å². The molecule has 1 heterocycles. The summed E-state index contributed by atoms with van der Waals surface area (Å²) < 4.78 is 5.30. The molecule has 0 unspecified atom stereocenters. The monoisotopic (exact) mass is 360 g/mol. The molecule has 2 rings (SSSR count). The highest BCUT2D eigenvalue weighted by Gasteiger charge is 2.27. The largest absolute Gasteiger partial charge is 0.380 e. The quantitative estimate of drug-likeness (QED) is 0.552. The summed E-state index contributed by atoms with van der Waals surface area (Å²) in [4.78, 5) is 7.39. The summed E-state index contributed by atoms with van der Waals surface area (Å²) in [5.74, 6) is 0.879. The van der Waals surface area contributed by atoms with Gasteiger partial charge in [0.15, 0.2) is 5.96 Å². The topological polar surface area (TPSA) is 48.9 Å². The summed E-state index contributed by atoms with van der Waals surface area (Å²) in [5, 5.41) is 6.91. The van der Waals surface area contributed by atoms with Crippen molar-refractivity contribution in [3.8, 4) is 0 Å². The third-order valence-corrected chi connectivity index (χ3v) is 5.07. The first kappa shape index (κ1) is 20.7. The summed E-state index contributed by atoms with van der Waals surface area (Å²) in [6.07, 6.45) is 3.99. The highest BCUT2D eigenvalue weighted by Crippen LogP contribution is 2.19.